The molecular formula is C36H37F17O5. The normalized spacial score (nSPS) is 14.8. The molecule has 58 heavy (non-hydrogen) atoms. The lowest BCUT2D eigenvalue weighted by atomic mass is 9.88. The van der Waals surface area contributed by atoms with Crippen molar-refractivity contribution in [2.24, 2.45) is 11.8 Å². The minimum Gasteiger partial charge on any atom is -0.494 e. The Morgan fingerprint density at radius 3 is 1.48 bits per heavy atom. The van der Waals surface area contributed by atoms with E-state index < -0.39 is 90.9 Å². The summed E-state index contributed by atoms with van der Waals surface area (Å²) in [6.07, 6.45) is -8.70. The number of carbonyl (C=O) groups excluding carboxylic acids is 2. The fourth-order valence-corrected chi connectivity index (χ4v) is 5.14. The Labute approximate surface area is 320 Å². The van der Waals surface area contributed by atoms with Gasteiger partial charge in [-0.3, -0.25) is 9.59 Å². The second kappa shape index (κ2) is 18.9. The molecule has 0 amide bonds. The van der Waals surface area contributed by atoms with Crippen LogP contribution >= 0.6 is 0 Å². The van der Waals surface area contributed by atoms with E-state index in [2.05, 4.69) is 4.74 Å². The predicted octanol–water partition coefficient (Wildman–Crippen LogP) is 11.8. The van der Waals surface area contributed by atoms with Gasteiger partial charge in [0.05, 0.1) is 38.1 Å². The van der Waals surface area contributed by atoms with Gasteiger partial charge in [0.15, 0.2) is 0 Å². The molecule has 0 N–H and O–H groups in total. The second-order valence-corrected chi connectivity index (χ2v) is 13.1. The molecule has 0 aliphatic rings. The largest absolute Gasteiger partial charge is 0.494 e. The van der Waals surface area contributed by atoms with Crippen molar-refractivity contribution in [3.05, 3.63) is 54.6 Å². The van der Waals surface area contributed by atoms with Crippen molar-refractivity contribution in [1.82, 2.24) is 0 Å². The maximum absolute atomic E-state index is 14.1. The highest BCUT2D eigenvalue weighted by Crippen LogP contribution is 2.64. The molecule has 0 spiro atoms. The number of ether oxygens (including phenoxy) is 3. The average molecular weight is 873 g/mol. The molecule has 0 bridgehead atoms. The highest BCUT2D eigenvalue weighted by atomic mass is 19.4. The molecule has 0 aliphatic carbocycles. The molecule has 2 aromatic carbocycles. The van der Waals surface area contributed by atoms with Gasteiger partial charge in [-0.15, -0.1) is 0 Å². The quantitative estimate of drug-likeness (QED) is 0.0632. The van der Waals surface area contributed by atoms with Gasteiger partial charge in [0.25, 0.3) is 0 Å². The number of alkyl halides is 17. The number of esters is 2. The van der Waals surface area contributed by atoms with E-state index in [4.69, 9.17) is 9.47 Å². The summed E-state index contributed by atoms with van der Waals surface area (Å²) in [5.74, 6) is -61.4. The molecule has 2 rings (SSSR count). The lowest BCUT2D eigenvalue weighted by molar-refractivity contribution is -0.461. The SMILES string of the molecule is CCC(CC(C)C(=O)OCCC(F)(F)C(F)(F)C(F)(F)C(F)(F)C(F)(F)C(F)(F)C(F)(F)C(F)(F)F)C(=O)OCCCCCCOc1ccc(-c2ccccc2)cc1. The van der Waals surface area contributed by atoms with Crippen LogP contribution in [0.2, 0.25) is 0 Å². The number of hydrogen-bond donors (Lipinski definition) is 0. The third-order valence-electron chi connectivity index (χ3n) is 8.83. The summed E-state index contributed by atoms with van der Waals surface area (Å²) in [4.78, 5) is 24.7. The van der Waals surface area contributed by atoms with Crippen LogP contribution in [0.4, 0.5) is 74.6 Å². The van der Waals surface area contributed by atoms with Crippen LogP contribution in [-0.2, 0) is 19.1 Å². The van der Waals surface area contributed by atoms with Crippen LogP contribution in [0, 0.1) is 11.8 Å². The molecule has 0 aromatic heterocycles. The van der Waals surface area contributed by atoms with E-state index in [1.54, 1.807) is 0 Å². The Kier molecular flexibility index (Phi) is 16.4. The van der Waals surface area contributed by atoms with Gasteiger partial charge in [-0.25, -0.2) is 0 Å². The van der Waals surface area contributed by atoms with Gasteiger partial charge in [-0.2, -0.15) is 74.6 Å². The van der Waals surface area contributed by atoms with Crippen molar-refractivity contribution in [2.75, 3.05) is 19.8 Å². The monoisotopic (exact) mass is 872 g/mol. The summed E-state index contributed by atoms with van der Waals surface area (Å²) in [6, 6.07) is 17.2. The van der Waals surface area contributed by atoms with Crippen molar-refractivity contribution >= 4 is 11.9 Å². The fourth-order valence-electron chi connectivity index (χ4n) is 5.14. The molecule has 0 aliphatic heterocycles. The molecule has 330 valence electrons. The van der Waals surface area contributed by atoms with E-state index in [1.807, 2.05) is 54.6 Å². The number of carbonyl (C=O) groups is 2. The van der Waals surface area contributed by atoms with E-state index in [0.717, 1.165) is 18.1 Å². The van der Waals surface area contributed by atoms with Gasteiger partial charge >= 0.3 is 59.6 Å². The highest BCUT2D eigenvalue weighted by Gasteiger charge is 2.95. The summed E-state index contributed by atoms with van der Waals surface area (Å²) in [5, 5.41) is 0. The summed E-state index contributed by atoms with van der Waals surface area (Å²) in [6.45, 7) is 0.813. The first-order valence-electron chi connectivity index (χ1n) is 17.3. The van der Waals surface area contributed by atoms with Gasteiger partial charge in [0, 0.05) is 0 Å². The zero-order valence-corrected chi connectivity index (χ0v) is 30.4. The number of rotatable bonds is 23. The van der Waals surface area contributed by atoms with Crippen LogP contribution < -0.4 is 4.74 Å². The Balaban J connectivity index is 1.84. The van der Waals surface area contributed by atoms with Crippen LogP contribution in [0.25, 0.3) is 11.1 Å². The van der Waals surface area contributed by atoms with Gasteiger partial charge in [-0.05, 0) is 61.8 Å². The van der Waals surface area contributed by atoms with Gasteiger partial charge in [0.2, 0.25) is 0 Å². The first-order chi connectivity index (χ1) is 26.4. The van der Waals surface area contributed by atoms with Gasteiger partial charge in [-0.1, -0.05) is 56.3 Å². The molecular weight excluding hydrogens is 835 g/mol. The van der Waals surface area contributed by atoms with Crippen molar-refractivity contribution < 1.29 is 98.4 Å². The van der Waals surface area contributed by atoms with Crippen molar-refractivity contribution in [3.63, 3.8) is 0 Å². The standard InChI is InChI=1S/C36H37F17O5/c1-3-23(28(55)57-19-10-5-4-9-18-56-26-15-13-25(14-16-26)24-11-7-6-8-12-24)21-22(2)27(54)58-20-17-29(37,38)30(39,40)31(41,42)32(43,44)33(45,46)34(47,48)35(49,50)36(51,52)53/h6-8,11-16,22-23H,3-5,9-10,17-21H2,1-2H3. The number of halogens is 17. The molecule has 0 saturated heterocycles. The molecule has 0 saturated carbocycles. The molecule has 22 heteroatoms. The smallest absolute Gasteiger partial charge is 0.460 e. The summed E-state index contributed by atoms with van der Waals surface area (Å²) >= 11 is 0. The van der Waals surface area contributed by atoms with E-state index in [0.29, 0.717) is 38.0 Å². The Morgan fingerprint density at radius 1 is 0.534 bits per heavy atom. The highest BCUT2D eigenvalue weighted by molar-refractivity contribution is 5.75. The third kappa shape index (κ3) is 10.6. The number of unbranched alkanes of at least 4 members (excludes halogenated alkanes) is 3. The summed E-state index contributed by atoms with van der Waals surface area (Å²) < 4.78 is 244. The second-order valence-electron chi connectivity index (χ2n) is 13.1. The van der Waals surface area contributed by atoms with E-state index >= 15 is 0 Å². The number of hydrogen-bond acceptors (Lipinski definition) is 5. The lowest BCUT2D eigenvalue weighted by Gasteiger charge is -2.42. The van der Waals surface area contributed by atoms with Crippen LogP contribution in [-0.4, -0.2) is 79.4 Å². The molecule has 2 atom stereocenters. The van der Waals surface area contributed by atoms with Crippen LogP contribution in [0.1, 0.15) is 58.8 Å². The molecule has 2 aromatic rings. The summed E-state index contributed by atoms with van der Waals surface area (Å²) in [5.41, 5.74) is 2.07. The van der Waals surface area contributed by atoms with Crippen LogP contribution in [0.5, 0.6) is 5.75 Å². The minimum atomic E-state index is -8.73. The predicted molar refractivity (Wildman–Crippen MR) is 171 cm³/mol. The third-order valence-corrected chi connectivity index (χ3v) is 8.83. The zero-order chi connectivity index (χ0) is 44.6. The molecule has 2 unspecified atom stereocenters. The number of benzene rings is 2. The first kappa shape index (κ1) is 50.1. The van der Waals surface area contributed by atoms with Gasteiger partial charge < -0.3 is 14.2 Å². The van der Waals surface area contributed by atoms with E-state index in [1.165, 1.54) is 6.92 Å². The Morgan fingerprint density at radius 2 is 0.983 bits per heavy atom. The van der Waals surface area contributed by atoms with Crippen molar-refractivity contribution in [3.8, 4) is 16.9 Å². The molecule has 5 nitrogen and oxygen atoms in total. The average Bonchev–Trinajstić information content (AvgIpc) is 3.14. The maximum atomic E-state index is 14.1. The van der Waals surface area contributed by atoms with Crippen LogP contribution in [0.15, 0.2) is 54.6 Å². The van der Waals surface area contributed by atoms with Gasteiger partial charge in [0.1, 0.15) is 5.75 Å². The lowest BCUT2D eigenvalue weighted by Crippen LogP contribution is -2.74. The molecule has 0 radical (unpaired) electrons. The first-order valence-corrected chi connectivity index (χ1v) is 17.3. The minimum absolute atomic E-state index is 0.0340. The van der Waals surface area contributed by atoms with E-state index in [9.17, 15) is 84.2 Å². The topological polar surface area (TPSA) is 61.8 Å². The molecule has 0 heterocycles. The van der Waals surface area contributed by atoms with Crippen molar-refractivity contribution in [1.29, 1.82) is 0 Å². The fraction of sp³-hybridized carbons (Fsp3) is 0.611. The van der Waals surface area contributed by atoms with E-state index in [-0.39, 0.29) is 13.0 Å². The Bertz CT molecular complexity index is 1610. The molecule has 0 fully saturated rings. The van der Waals surface area contributed by atoms with Crippen molar-refractivity contribution in [2.45, 2.75) is 106 Å². The van der Waals surface area contributed by atoms with Crippen LogP contribution in [0.3, 0.4) is 0 Å². The summed E-state index contributed by atoms with van der Waals surface area (Å²) in [7, 11) is 0. The Hall–Kier alpha value is -4.01. The zero-order valence-electron chi connectivity index (χ0n) is 30.4. The maximum Gasteiger partial charge on any atom is 0.460 e.